The van der Waals surface area contributed by atoms with Crippen LogP contribution in [0.5, 0.6) is 0 Å². The SMILES string of the molecule is CC(Cn1c(=O)cnc2ccccc21)C(N)=S. The molecule has 1 heterocycles. The van der Waals surface area contributed by atoms with E-state index in [0.29, 0.717) is 11.5 Å². The van der Waals surface area contributed by atoms with Crippen molar-refractivity contribution in [1.82, 2.24) is 9.55 Å². The monoisotopic (exact) mass is 247 g/mol. The molecule has 0 aliphatic rings. The molecule has 0 radical (unpaired) electrons. The van der Waals surface area contributed by atoms with Gasteiger partial charge >= 0.3 is 0 Å². The lowest BCUT2D eigenvalue weighted by Gasteiger charge is -2.13. The Hall–Kier alpha value is -1.75. The molecule has 0 aliphatic heterocycles. The van der Waals surface area contributed by atoms with E-state index in [2.05, 4.69) is 4.98 Å². The Kier molecular flexibility index (Phi) is 3.19. The average Bonchev–Trinajstić information content (AvgIpc) is 2.32. The van der Waals surface area contributed by atoms with Gasteiger partial charge < -0.3 is 10.3 Å². The van der Waals surface area contributed by atoms with Gasteiger partial charge in [-0.1, -0.05) is 31.3 Å². The summed E-state index contributed by atoms with van der Waals surface area (Å²) >= 11 is 4.93. The summed E-state index contributed by atoms with van der Waals surface area (Å²) in [6.45, 7) is 2.39. The molecule has 88 valence electrons. The molecule has 0 bridgehead atoms. The molecule has 0 saturated carbocycles. The molecular weight excluding hydrogens is 234 g/mol. The Labute approximate surface area is 104 Å². The van der Waals surface area contributed by atoms with Gasteiger partial charge in [-0.3, -0.25) is 4.79 Å². The fourth-order valence-electron chi connectivity index (χ4n) is 1.67. The highest BCUT2D eigenvalue weighted by molar-refractivity contribution is 7.80. The summed E-state index contributed by atoms with van der Waals surface area (Å²) in [5, 5.41) is 0. The van der Waals surface area contributed by atoms with Crippen LogP contribution in [-0.2, 0) is 6.54 Å². The molecule has 5 heteroatoms. The maximum atomic E-state index is 11.8. The van der Waals surface area contributed by atoms with Gasteiger partial charge in [0.2, 0.25) is 0 Å². The van der Waals surface area contributed by atoms with Crippen molar-refractivity contribution >= 4 is 28.2 Å². The van der Waals surface area contributed by atoms with Crippen LogP contribution in [0.25, 0.3) is 11.0 Å². The first kappa shape index (κ1) is 11.7. The van der Waals surface area contributed by atoms with Crippen LogP contribution in [-0.4, -0.2) is 14.5 Å². The first-order valence-electron chi connectivity index (χ1n) is 5.33. The van der Waals surface area contributed by atoms with Crippen molar-refractivity contribution < 1.29 is 0 Å². The van der Waals surface area contributed by atoms with E-state index in [4.69, 9.17) is 18.0 Å². The predicted molar refractivity (Wildman–Crippen MR) is 72.0 cm³/mol. The van der Waals surface area contributed by atoms with E-state index >= 15 is 0 Å². The number of nitrogens with two attached hydrogens (primary N) is 1. The Morgan fingerprint density at radius 3 is 2.94 bits per heavy atom. The molecule has 2 N–H and O–H groups in total. The van der Waals surface area contributed by atoms with Gasteiger partial charge in [0.05, 0.1) is 22.2 Å². The second-order valence-electron chi connectivity index (χ2n) is 4.00. The van der Waals surface area contributed by atoms with E-state index in [1.807, 2.05) is 31.2 Å². The number of nitrogens with zero attached hydrogens (tertiary/aromatic N) is 2. The number of fused-ring (bicyclic) bond motifs is 1. The molecule has 1 atom stereocenters. The fourth-order valence-corrected chi connectivity index (χ4v) is 1.74. The zero-order chi connectivity index (χ0) is 12.4. The van der Waals surface area contributed by atoms with E-state index < -0.39 is 0 Å². The zero-order valence-corrected chi connectivity index (χ0v) is 10.3. The molecule has 0 saturated heterocycles. The molecule has 0 spiro atoms. The number of rotatable bonds is 3. The van der Waals surface area contributed by atoms with Gasteiger partial charge in [0.15, 0.2) is 0 Å². The quantitative estimate of drug-likeness (QED) is 0.831. The normalized spacial score (nSPS) is 12.5. The molecule has 1 aromatic carbocycles. The maximum absolute atomic E-state index is 11.8. The van der Waals surface area contributed by atoms with Crippen molar-refractivity contribution in [2.75, 3.05) is 0 Å². The summed E-state index contributed by atoms with van der Waals surface area (Å²) in [6, 6.07) is 7.51. The molecule has 1 aromatic heterocycles. The molecule has 0 fully saturated rings. The van der Waals surface area contributed by atoms with Gasteiger partial charge in [0.1, 0.15) is 0 Å². The maximum Gasteiger partial charge on any atom is 0.269 e. The van der Waals surface area contributed by atoms with E-state index in [1.165, 1.54) is 6.20 Å². The lowest BCUT2D eigenvalue weighted by Crippen LogP contribution is -2.29. The van der Waals surface area contributed by atoms with Crippen LogP contribution in [0.2, 0.25) is 0 Å². The summed E-state index contributed by atoms with van der Waals surface area (Å²) in [5.41, 5.74) is 7.05. The molecule has 17 heavy (non-hydrogen) atoms. The standard InChI is InChI=1S/C12H13N3OS/c1-8(12(13)17)7-15-10-5-3-2-4-9(10)14-6-11(15)16/h2-6,8H,7H2,1H3,(H2,13,17). The second kappa shape index (κ2) is 4.63. The highest BCUT2D eigenvalue weighted by Gasteiger charge is 2.10. The third-order valence-corrected chi connectivity index (χ3v) is 3.10. The van der Waals surface area contributed by atoms with Crippen LogP contribution >= 0.6 is 12.2 Å². The van der Waals surface area contributed by atoms with Gasteiger partial charge in [-0.25, -0.2) is 4.98 Å². The first-order chi connectivity index (χ1) is 8.09. The van der Waals surface area contributed by atoms with Crippen LogP contribution in [0, 0.1) is 5.92 Å². The fraction of sp³-hybridized carbons (Fsp3) is 0.250. The molecule has 2 rings (SSSR count). The Morgan fingerprint density at radius 2 is 2.24 bits per heavy atom. The molecule has 0 aliphatic carbocycles. The predicted octanol–water partition coefficient (Wildman–Crippen LogP) is 1.32. The van der Waals surface area contributed by atoms with Gasteiger partial charge in [0.25, 0.3) is 5.56 Å². The van der Waals surface area contributed by atoms with E-state index in [-0.39, 0.29) is 11.5 Å². The third-order valence-electron chi connectivity index (χ3n) is 2.69. The summed E-state index contributed by atoms with van der Waals surface area (Å²) in [5.74, 6) is -0.0199. The van der Waals surface area contributed by atoms with Crippen LogP contribution in [0.3, 0.4) is 0 Å². The number of hydrogen-bond donors (Lipinski definition) is 1. The summed E-state index contributed by atoms with van der Waals surface area (Å²) in [4.78, 5) is 16.3. The van der Waals surface area contributed by atoms with E-state index in [9.17, 15) is 4.79 Å². The number of aromatic nitrogens is 2. The lowest BCUT2D eigenvalue weighted by molar-refractivity contribution is 0.597. The third kappa shape index (κ3) is 2.34. The molecule has 2 aromatic rings. The molecule has 4 nitrogen and oxygen atoms in total. The minimum absolute atomic E-state index is 0.0199. The van der Waals surface area contributed by atoms with Gasteiger partial charge in [0, 0.05) is 12.5 Å². The summed E-state index contributed by atoms with van der Waals surface area (Å²) in [7, 11) is 0. The van der Waals surface area contributed by atoms with Crippen molar-refractivity contribution in [2.24, 2.45) is 11.7 Å². The van der Waals surface area contributed by atoms with Crippen molar-refractivity contribution in [3.63, 3.8) is 0 Å². The van der Waals surface area contributed by atoms with Crippen molar-refractivity contribution in [3.05, 3.63) is 40.8 Å². The summed E-state index contributed by atoms with van der Waals surface area (Å²) in [6.07, 6.45) is 1.33. The second-order valence-corrected chi connectivity index (χ2v) is 4.47. The number of hydrogen-bond acceptors (Lipinski definition) is 3. The highest BCUT2D eigenvalue weighted by atomic mass is 32.1. The Morgan fingerprint density at radius 1 is 1.53 bits per heavy atom. The van der Waals surface area contributed by atoms with Crippen LogP contribution in [0.4, 0.5) is 0 Å². The summed E-state index contributed by atoms with van der Waals surface area (Å²) < 4.78 is 1.66. The first-order valence-corrected chi connectivity index (χ1v) is 5.74. The van der Waals surface area contributed by atoms with Gasteiger partial charge in [-0.2, -0.15) is 0 Å². The van der Waals surface area contributed by atoms with Gasteiger partial charge in [-0.05, 0) is 12.1 Å². The van der Waals surface area contributed by atoms with Crippen LogP contribution in [0.1, 0.15) is 6.92 Å². The van der Waals surface area contributed by atoms with Gasteiger partial charge in [-0.15, -0.1) is 0 Å². The van der Waals surface area contributed by atoms with Crippen molar-refractivity contribution in [1.29, 1.82) is 0 Å². The minimum atomic E-state index is -0.133. The van der Waals surface area contributed by atoms with E-state index in [0.717, 1.165) is 11.0 Å². The highest BCUT2D eigenvalue weighted by Crippen LogP contribution is 2.10. The van der Waals surface area contributed by atoms with Crippen LogP contribution in [0.15, 0.2) is 35.3 Å². The van der Waals surface area contributed by atoms with Crippen molar-refractivity contribution in [3.8, 4) is 0 Å². The lowest BCUT2D eigenvalue weighted by atomic mass is 10.1. The Balaban J connectivity index is 2.55. The minimum Gasteiger partial charge on any atom is -0.393 e. The topological polar surface area (TPSA) is 60.9 Å². The smallest absolute Gasteiger partial charge is 0.269 e. The molecule has 1 unspecified atom stereocenters. The molecule has 0 amide bonds. The number of thiocarbonyl (C=S) groups is 1. The zero-order valence-electron chi connectivity index (χ0n) is 9.46. The molecular formula is C12H13N3OS. The largest absolute Gasteiger partial charge is 0.393 e. The number of para-hydroxylation sites is 2. The van der Waals surface area contributed by atoms with Crippen molar-refractivity contribution in [2.45, 2.75) is 13.5 Å². The van der Waals surface area contributed by atoms with Crippen LogP contribution < -0.4 is 11.3 Å². The number of benzene rings is 1. The average molecular weight is 247 g/mol. The Bertz CT molecular complexity index is 620. The van der Waals surface area contributed by atoms with E-state index in [1.54, 1.807) is 4.57 Å².